The maximum absolute atomic E-state index is 14.7. The molecule has 0 heterocycles. The quantitative estimate of drug-likeness (QED) is 0.836. The molecule has 112 valence electrons. The Bertz CT molecular complexity index is 487. The Kier molecular flexibility index (Phi) is 4.81. The van der Waals surface area contributed by atoms with Crippen molar-refractivity contribution in [1.82, 2.24) is 5.32 Å². The van der Waals surface area contributed by atoms with Crippen LogP contribution >= 0.6 is 0 Å². The van der Waals surface area contributed by atoms with E-state index in [9.17, 15) is 17.6 Å². The van der Waals surface area contributed by atoms with E-state index in [0.717, 1.165) is 19.1 Å². The topological polar surface area (TPSA) is 21.3 Å². The molecule has 0 aliphatic heterocycles. The molecule has 6 heteroatoms. The first kappa shape index (κ1) is 16.5. The summed E-state index contributed by atoms with van der Waals surface area (Å²) >= 11 is 0. The molecular formula is C14H17F4NO. The Morgan fingerprint density at radius 3 is 2.30 bits per heavy atom. The number of benzene rings is 1. The van der Waals surface area contributed by atoms with Gasteiger partial charge in [-0.05, 0) is 20.0 Å². The smallest absolute Gasteiger partial charge is 0.428 e. The van der Waals surface area contributed by atoms with Crippen molar-refractivity contribution < 1.29 is 22.3 Å². The van der Waals surface area contributed by atoms with Crippen molar-refractivity contribution in [3.05, 3.63) is 35.9 Å². The fraction of sp³-hybridized carbons (Fsp3) is 0.429. The van der Waals surface area contributed by atoms with E-state index in [0.29, 0.717) is 5.56 Å². The van der Waals surface area contributed by atoms with Crippen molar-refractivity contribution in [1.29, 1.82) is 0 Å². The molecule has 2 nitrogen and oxygen atoms in total. The molecule has 2 unspecified atom stereocenters. The molecule has 0 aliphatic rings. The van der Waals surface area contributed by atoms with E-state index in [1.165, 1.54) is 26.3 Å². The first-order chi connectivity index (χ1) is 9.22. The van der Waals surface area contributed by atoms with Gasteiger partial charge in [0.1, 0.15) is 5.75 Å². The predicted molar refractivity (Wildman–Crippen MR) is 70.4 cm³/mol. The van der Waals surface area contributed by atoms with Crippen LogP contribution in [0.1, 0.15) is 18.1 Å². The highest BCUT2D eigenvalue weighted by molar-refractivity contribution is 5.57. The van der Waals surface area contributed by atoms with Crippen LogP contribution in [0.2, 0.25) is 0 Å². The first-order valence-corrected chi connectivity index (χ1v) is 5.96. The van der Waals surface area contributed by atoms with Gasteiger partial charge in [-0.3, -0.25) is 0 Å². The molecule has 1 aromatic carbocycles. The second-order valence-corrected chi connectivity index (χ2v) is 4.38. The Labute approximate surface area is 115 Å². The number of alkyl halides is 4. The van der Waals surface area contributed by atoms with Gasteiger partial charge in [-0.2, -0.15) is 13.2 Å². The second kappa shape index (κ2) is 5.83. The molecule has 0 saturated carbocycles. The summed E-state index contributed by atoms with van der Waals surface area (Å²) in [5.74, 6) is 0.145. The lowest BCUT2D eigenvalue weighted by molar-refractivity contribution is -0.244. The number of hydrogen-bond acceptors (Lipinski definition) is 2. The maximum Gasteiger partial charge on any atom is 0.428 e. The zero-order valence-electron chi connectivity index (χ0n) is 11.5. The van der Waals surface area contributed by atoms with Gasteiger partial charge in [0.25, 0.3) is 0 Å². The minimum atomic E-state index is -5.05. The number of rotatable bonds is 5. The highest BCUT2D eigenvalue weighted by Gasteiger charge is 2.60. The minimum absolute atomic E-state index is 0.145. The molecule has 2 atom stereocenters. The number of methoxy groups -OCH3 is 1. The molecule has 1 rings (SSSR count). The summed E-state index contributed by atoms with van der Waals surface area (Å²) in [5.41, 5.74) is -3.51. The average Bonchev–Trinajstić information content (AvgIpc) is 2.43. The average molecular weight is 291 g/mol. The standard InChI is InChI=1S/C14H17F4NO/c1-5-10-6-7-11(8-12(10)20-4)13(15,9(2)19-3)14(16,17)18/h5-9,19H,1H2,2-4H3. The molecule has 0 saturated heterocycles. The van der Waals surface area contributed by atoms with Crippen molar-refractivity contribution in [2.24, 2.45) is 0 Å². The van der Waals surface area contributed by atoms with E-state index in [-0.39, 0.29) is 5.75 Å². The number of ether oxygens (including phenoxy) is 1. The van der Waals surface area contributed by atoms with Gasteiger partial charge in [-0.1, -0.05) is 24.8 Å². The normalized spacial score (nSPS) is 16.4. The third kappa shape index (κ3) is 2.65. The zero-order chi connectivity index (χ0) is 15.6. The zero-order valence-corrected chi connectivity index (χ0v) is 11.5. The summed E-state index contributed by atoms with van der Waals surface area (Å²) in [4.78, 5) is 0. The van der Waals surface area contributed by atoms with E-state index in [2.05, 4.69) is 11.9 Å². The summed E-state index contributed by atoms with van der Waals surface area (Å²) in [6.45, 7) is 4.66. The van der Waals surface area contributed by atoms with Crippen LogP contribution < -0.4 is 10.1 Å². The molecule has 1 N–H and O–H groups in total. The summed E-state index contributed by atoms with van der Waals surface area (Å²) < 4.78 is 59.2. The minimum Gasteiger partial charge on any atom is -0.496 e. The Balaban J connectivity index is 3.47. The third-order valence-electron chi connectivity index (χ3n) is 3.32. The molecule has 0 aromatic heterocycles. The Morgan fingerprint density at radius 2 is 1.90 bits per heavy atom. The van der Waals surface area contributed by atoms with Crippen molar-refractivity contribution in [2.45, 2.75) is 24.8 Å². The molecule has 20 heavy (non-hydrogen) atoms. The van der Waals surface area contributed by atoms with Crippen LogP contribution in [-0.4, -0.2) is 26.4 Å². The van der Waals surface area contributed by atoms with Crippen LogP contribution in [0.25, 0.3) is 6.08 Å². The van der Waals surface area contributed by atoms with Gasteiger partial charge in [0.15, 0.2) is 0 Å². The van der Waals surface area contributed by atoms with Crippen molar-refractivity contribution >= 4 is 6.08 Å². The number of hydrogen-bond donors (Lipinski definition) is 1. The molecule has 0 aliphatic carbocycles. The molecule has 1 aromatic rings. The van der Waals surface area contributed by atoms with Crippen molar-refractivity contribution in [3.63, 3.8) is 0 Å². The highest BCUT2D eigenvalue weighted by Crippen LogP contribution is 2.46. The van der Waals surface area contributed by atoms with E-state index in [1.807, 2.05) is 0 Å². The van der Waals surface area contributed by atoms with Crippen LogP contribution in [-0.2, 0) is 5.67 Å². The van der Waals surface area contributed by atoms with Crippen LogP contribution in [0.3, 0.4) is 0 Å². The molecular weight excluding hydrogens is 274 g/mol. The van der Waals surface area contributed by atoms with Crippen molar-refractivity contribution in [2.75, 3.05) is 14.2 Å². The summed E-state index contributed by atoms with van der Waals surface area (Å²) in [7, 11) is 2.58. The lowest BCUT2D eigenvalue weighted by Gasteiger charge is -2.34. The van der Waals surface area contributed by atoms with Gasteiger partial charge < -0.3 is 10.1 Å². The number of halogens is 4. The lowest BCUT2D eigenvalue weighted by atomic mass is 9.87. The monoisotopic (exact) mass is 291 g/mol. The van der Waals surface area contributed by atoms with Gasteiger partial charge in [-0.25, -0.2) is 4.39 Å². The lowest BCUT2D eigenvalue weighted by Crippen LogP contribution is -2.52. The highest BCUT2D eigenvalue weighted by atomic mass is 19.4. The Hall–Kier alpha value is -1.56. The summed E-state index contributed by atoms with van der Waals surface area (Å²) in [6, 6.07) is 2.06. The second-order valence-electron chi connectivity index (χ2n) is 4.38. The molecule has 0 fully saturated rings. The van der Waals surface area contributed by atoms with Gasteiger partial charge in [0.2, 0.25) is 5.67 Å². The van der Waals surface area contributed by atoms with Gasteiger partial charge in [0, 0.05) is 11.1 Å². The number of nitrogens with one attached hydrogen (secondary N) is 1. The molecule has 0 amide bonds. The predicted octanol–water partition coefficient (Wildman–Crippen LogP) is 3.67. The Morgan fingerprint density at radius 1 is 1.30 bits per heavy atom. The summed E-state index contributed by atoms with van der Waals surface area (Å²) in [5, 5.41) is 2.32. The first-order valence-electron chi connectivity index (χ1n) is 5.96. The van der Waals surface area contributed by atoms with Gasteiger partial charge in [-0.15, -0.1) is 0 Å². The van der Waals surface area contributed by atoms with Crippen LogP contribution in [0.5, 0.6) is 5.75 Å². The van der Waals surface area contributed by atoms with Crippen LogP contribution in [0.15, 0.2) is 24.8 Å². The van der Waals surface area contributed by atoms with Crippen LogP contribution in [0.4, 0.5) is 17.6 Å². The molecule has 0 radical (unpaired) electrons. The summed E-state index contributed by atoms with van der Waals surface area (Å²) in [6.07, 6.45) is -3.62. The van der Waals surface area contributed by atoms with E-state index in [4.69, 9.17) is 4.74 Å². The van der Waals surface area contributed by atoms with Crippen molar-refractivity contribution in [3.8, 4) is 5.75 Å². The molecule has 0 bridgehead atoms. The van der Waals surface area contributed by atoms with Gasteiger partial charge in [0.05, 0.1) is 13.2 Å². The fourth-order valence-electron chi connectivity index (χ4n) is 1.96. The van der Waals surface area contributed by atoms with E-state index in [1.54, 1.807) is 0 Å². The maximum atomic E-state index is 14.7. The van der Waals surface area contributed by atoms with Crippen LogP contribution in [0, 0.1) is 0 Å². The van der Waals surface area contributed by atoms with E-state index >= 15 is 0 Å². The molecule has 0 spiro atoms. The number of likely N-dealkylation sites (N-methyl/N-ethyl adjacent to an activating group) is 1. The SMILES string of the molecule is C=Cc1ccc(C(F)(C(C)NC)C(F)(F)F)cc1OC. The fourth-order valence-corrected chi connectivity index (χ4v) is 1.96. The van der Waals surface area contributed by atoms with Gasteiger partial charge >= 0.3 is 6.18 Å². The largest absolute Gasteiger partial charge is 0.496 e. The third-order valence-corrected chi connectivity index (χ3v) is 3.32. The van der Waals surface area contributed by atoms with E-state index < -0.39 is 23.5 Å².